The molecule has 0 aliphatic carbocycles. The van der Waals surface area contributed by atoms with Gasteiger partial charge in [-0.25, -0.2) is 8.42 Å². The Morgan fingerprint density at radius 3 is 2.33 bits per heavy atom. The maximum Gasteiger partial charge on any atom is 0.243 e. The van der Waals surface area contributed by atoms with Crippen molar-refractivity contribution in [3.8, 4) is 11.1 Å². The Hall–Kier alpha value is -2.22. The highest BCUT2D eigenvalue weighted by atomic mass is 32.2. The SMILES string of the molecule is O=C(NCC1CCOCC1)C1CCCN1S(=O)(=O)c1ccc(-c2ccccc2)cc1. The van der Waals surface area contributed by atoms with Gasteiger partial charge in [-0.05, 0) is 54.9 Å². The Labute approximate surface area is 178 Å². The minimum atomic E-state index is -3.72. The number of nitrogens with zero attached hydrogens (tertiary/aromatic N) is 1. The van der Waals surface area contributed by atoms with E-state index in [1.165, 1.54) is 4.31 Å². The van der Waals surface area contributed by atoms with Gasteiger partial charge in [0.15, 0.2) is 0 Å². The summed E-state index contributed by atoms with van der Waals surface area (Å²) in [5, 5.41) is 2.98. The van der Waals surface area contributed by atoms with E-state index in [0.717, 1.165) is 37.2 Å². The summed E-state index contributed by atoms with van der Waals surface area (Å²) < 4.78 is 33.2. The highest BCUT2D eigenvalue weighted by Gasteiger charge is 2.39. The second-order valence-corrected chi connectivity index (χ2v) is 9.86. The van der Waals surface area contributed by atoms with Gasteiger partial charge >= 0.3 is 0 Å². The Morgan fingerprint density at radius 1 is 0.967 bits per heavy atom. The fourth-order valence-electron chi connectivity index (χ4n) is 4.19. The summed E-state index contributed by atoms with van der Waals surface area (Å²) in [6, 6.07) is 16.1. The Balaban J connectivity index is 1.45. The molecule has 1 unspecified atom stereocenters. The van der Waals surface area contributed by atoms with Crippen LogP contribution in [0.1, 0.15) is 25.7 Å². The maximum atomic E-state index is 13.2. The third-order valence-electron chi connectivity index (χ3n) is 5.98. The van der Waals surface area contributed by atoms with Gasteiger partial charge in [-0.15, -0.1) is 0 Å². The molecule has 0 saturated carbocycles. The van der Waals surface area contributed by atoms with Crippen molar-refractivity contribution in [3.63, 3.8) is 0 Å². The molecule has 1 atom stereocenters. The molecule has 2 heterocycles. The third kappa shape index (κ3) is 4.58. The number of benzene rings is 2. The number of carbonyl (C=O) groups excluding carboxylic acids is 1. The molecule has 0 bridgehead atoms. The highest BCUT2D eigenvalue weighted by Crippen LogP contribution is 2.28. The molecular formula is C23H28N2O4S. The van der Waals surface area contributed by atoms with Gasteiger partial charge in [0.05, 0.1) is 4.90 Å². The summed E-state index contributed by atoms with van der Waals surface area (Å²) >= 11 is 0. The van der Waals surface area contributed by atoms with E-state index in [2.05, 4.69) is 5.32 Å². The first kappa shape index (κ1) is 21.0. The van der Waals surface area contributed by atoms with Gasteiger partial charge in [-0.2, -0.15) is 4.31 Å². The van der Waals surface area contributed by atoms with E-state index in [1.807, 2.05) is 42.5 Å². The minimum Gasteiger partial charge on any atom is -0.381 e. The second kappa shape index (κ2) is 9.29. The summed E-state index contributed by atoms with van der Waals surface area (Å²) in [6.45, 7) is 2.41. The average molecular weight is 429 g/mol. The van der Waals surface area contributed by atoms with Crippen LogP contribution >= 0.6 is 0 Å². The largest absolute Gasteiger partial charge is 0.381 e. The molecule has 7 heteroatoms. The highest BCUT2D eigenvalue weighted by molar-refractivity contribution is 7.89. The summed E-state index contributed by atoms with van der Waals surface area (Å²) in [4.78, 5) is 13.0. The lowest BCUT2D eigenvalue weighted by molar-refractivity contribution is -0.124. The Bertz CT molecular complexity index is 954. The van der Waals surface area contributed by atoms with E-state index in [9.17, 15) is 13.2 Å². The molecule has 2 aliphatic rings. The lowest BCUT2D eigenvalue weighted by Gasteiger charge is -2.26. The van der Waals surface area contributed by atoms with Crippen molar-refractivity contribution in [3.05, 3.63) is 54.6 Å². The molecular weight excluding hydrogens is 400 g/mol. The topological polar surface area (TPSA) is 75.7 Å². The molecule has 0 spiro atoms. The van der Waals surface area contributed by atoms with E-state index in [1.54, 1.807) is 12.1 Å². The van der Waals surface area contributed by atoms with E-state index in [0.29, 0.717) is 31.8 Å². The monoisotopic (exact) mass is 428 g/mol. The predicted octanol–water partition coefficient (Wildman–Crippen LogP) is 3.05. The lowest BCUT2D eigenvalue weighted by Crippen LogP contribution is -2.47. The maximum absolute atomic E-state index is 13.2. The molecule has 1 amide bonds. The van der Waals surface area contributed by atoms with E-state index >= 15 is 0 Å². The van der Waals surface area contributed by atoms with Gasteiger partial charge in [0.2, 0.25) is 15.9 Å². The van der Waals surface area contributed by atoms with E-state index in [4.69, 9.17) is 4.74 Å². The summed E-state index contributed by atoms with van der Waals surface area (Å²) in [5.74, 6) is 0.211. The van der Waals surface area contributed by atoms with Crippen LogP contribution in [-0.2, 0) is 19.6 Å². The van der Waals surface area contributed by atoms with Crippen LogP contribution in [0.3, 0.4) is 0 Å². The third-order valence-corrected chi connectivity index (χ3v) is 7.90. The normalized spacial score (nSPS) is 20.9. The van der Waals surface area contributed by atoms with Crippen LogP contribution in [0.25, 0.3) is 11.1 Å². The van der Waals surface area contributed by atoms with Gasteiger partial charge in [-0.1, -0.05) is 42.5 Å². The molecule has 160 valence electrons. The molecule has 1 N–H and O–H groups in total. The van der Waals surface area contributed by atoms with Crippen molar-refractivity contribution in [1.29, 1.82) is 0 Å². The number of sulfonamides is 1. The molecule has 2 fully saturated rings. The van der Waals surface area contributed by atoms with Crippen molar-refractivity contribution in [2.24, 2.45) is 5.92 Å². The zero-order chi connectivity index (χ0) is 21.0. The van der Waals surface area contributed by atoms with Gasteiger partial charge in [-0.3, -0.25) is 4.79 Å². The molecule has 30 heavy (non-hydrogen) atoms. The number of nitrogens with one attached hydrogen (secondary N) is 1. The van der Waals surface area contributed by atoms with Crippen molar-refractivity contribution in [2.45, 2.75) is 36.6 Å². The number of rotatable bonds is 6. The lowest BCUT2D eigenvalue weighted by atomic mass is 10.0. The van der Waals surface area contributed by atoms with Crippen molar-refractivity contribution >= 4 is 15.9 Å². The van der Waals surface area contributed by atoms with Gasteiger partial charge in [0.25, 0.3) is 0 Å². The van der Waals surface area contributed by atoms with Crippen LogP contribution in [0, 0.1) is 5.92 Å². The van der Waals surface area contributed by atoms with E-state index < -0.39 is 16.1 Å². The zero-order valence-electron chi connectivity index (χ0n) is 17.0. The number of hydrogen-bond acceptors (Lipinski definition) is 4. The number of carbonyl (C=O) groups is 1. The Morgan fingerprint density at radius 2 is 1.63 bits per heavy atom. The average Bonchev–Trinajstić information content (AvgIpc) is 3.30. The molecule has 6 nitrogen and oxygen atoms in total. The van der Waals surface area contributed by atoms with Gasteiger partial charge in [0, 0.05) is 26.3 Å². The summed E-state index contributed by atoms with van der Waals surface area (Å²) in [5.41, 5.74) is 2.00. The standard InChI is InChI=1S/C23H28N2O4S/c26-23(24-17-18-12-15-29-16-13-18)22-7-4-14-25(22)30(27,28)21-10-8-20(9-11-21)19-5-2-1-3-6-19/h1-3,5-6,8-11,18,22H,4,7,12-17H2,(H,24,26). The van der Waals surface area contributed by atoms with Crippen LogP contribution in [0.5, 0.6) is 0 Å². The van der Waals surface area contributed by atoms with Crippen molar-refractivity contribution in [1.82, 2.24) is 9.62 Å². The van der Waals surface area contributed by atoms with Crippen molar-refractivity contribution < 1.29 is 17.9 Å². The van der Waals surface area contributed by atoms with Crippen LogP contribution < -0.4 is 5.32 Å². The molecule has 2 saturated heterocycles. The minimum absolute atomic E-state index is 0.191. The van der Waals surface area contributed by atoms with Gasteiger partial charge in [0.1, 0.15) is 6.04 Å². The first-order chi connectivity index (χ1) is 14.6. The molecule has 0 radical (unpaired) electrons. The van der Waals surface area contributed by atoms with Gasteiger partial charge < -0.3 is 10.1 Å². The smallest absolute Gasteiger partial charge is 0.243 e. The van der Waals surface area contributed by atoms with Crippen LogP contribution in [-0.4, -0.2) is 51.0 Å². The van der Waals surface area contributed by atoms with Crippen molar-refractivity contribution in [2.75, 3.05) is 26.3 Å². The summed E-state index contributed by atoms with van der Waals surface area (Å²) in [7, 11) is -3.72. The number of hydrogen-bond donors (Lipinski definition) is 1. The fourth-order valence-corrected chi connectivity index (χ4v) is 5.84. The van der Waals surface area contributed by atoms with Crippen LogP contribution in [0.2, 0.25) is 0 Å². The molecule has 0 aromatic heterocycles. The number of ether oxygens (including phenoxy) is 1. The Kier molecular flexibility index (Phi) is 6.51. The molecule has 2 aliphatic heterocycles. The molecule has 4 rings (SSSR count). The second-order valence-electron chi connectivity index (χ2n) is 7.97. The zero-order valence-corrected chi connectivity index (χ0v) is 17.8. The number of amides is 1. The quantitative estimate of drug-likeness (QED) is 0.767. The summed E-state index contributed by atoms with van der Waals surface area (Å²) in [6.07, 6.45) is 3.11. The van der Waals surface area contributed by atoms with E-state index in [-0.39, 0.29) is 10.8 Å². The first-order valence-corrected chi connectivity index (χ1v) is 12.0. The fraction of sp³-hybridized carbons (Fsp3) is 0.435. The predicted molar refractivity (Wildman–Crippen MR) is 115 cm³/mol. The van der Waals surface area contributed by atoms with Crippen LogP contribution in [0.15, 0.2) is 59.5 Å². The molecule has 2 aromatic carbocycles. The first-order valence-electron chi connectivity index (χ1n) is 10.6. The van der Waals surface area contributed by atoms with Crippen LogP contribution in [0.4, 0.5) is 0 Å². The molecule has 2 aromatic rings.